The summed E-state index contributed by atoms with van der Waals surface area (Å²) in [6, 6.07) is 3.06. The minimum Gasteiger partial charge on any atom is -0.496 e. The van der Waals surface area contributed by atoms with Crippen LogP contribution in [0.2, 0.25) is 0 Å². The number of aliphatic hydroxyl groups is 1. The Morgan fingerprint density at radius 3 is 2.37 bits per heavy atom. The Morgan fingerprint density at radius 1 is 1.32 bits per heavy atom. The summed E-state index contributed by atoms with van der Waals surface area (Å²) in [5.41, 5.74) is 1.33. The number of aryl methyl sites for hydroxylation is 2. The molecule has 0 aliphatic rings. The van der Waals surface area contributed by atoms with E-state index in [0.717, 1.165) is 0 Å². The first kappa shape index (κ1) is 15.5. The SMILES string of the molecule is COc1cc(C)c(C(=O)CC(O)C(F)(F)F)cc1C. The lowest BCUT2D eigenvalue weighted by atomic mass is 9.97. The minimum atomic E-state index is -4.79. The van der Waals surface area contributed by atoms with Crippen molar-refractivity contribution in [2.45, 2.75) is 32.5 Å². The van der Waals surface area contributed by atoms with Gasteiger partial charge in [-0.15, -0.1) is 0 Å². The second-order valence-electron chi connectivity index (χ2n) is 4.32. The zero-order chi connectivity index (χ0) is 14.8. The van der Waals surface area contributed by atoms with Gasteiger partial charge in [-0.2, -0.15) is 13.2 Å². The van der Waals surface area contributed by atoms with E-state index in [1.54, 1.807) is 19.9 Å². The molecule has 0 fully saturated rings. The largest absolute Gasteiger partial charge is 0.496 e. The van der Waals surface area contributed by atoms with Crippen molar-refractivity contribution in [2.24, 2.45) is 0 Å². The highest BCUT2D eigenvalue weighted by Crippen LogP contribution is 2.27. The number of halogens is 3. The van der Waals surface area contributed by atoms with E-state index in [4.69, 9.17) is 9.84 Å². The molecule has 1 unspecified atom stereocenters. The molecule has 3 nitrogen and oxygen atoms in total. The van der Waals surface area contributed by atoms with Crippen LogP contribution in [0.15, 0.2) is 12.1 Å². The van der Waals surface area contributed by atoms with Crippen LogP contribution in [-0.4, -0.2) is 30.3 Å². The fourth-order valence-corrected chi connectivity index (χ4v) is 1.71. The smallest absolute Gasteiger partial charge is 0.414 e. The first-order chi connectivity index (χ1) is 8.66. The van der Waals surface area contributed by atoms with Gasteiger partial charge in [0.15, 0.2) is 11.9 Å². The Balaban J connectivity index is 2.98. The van der Waals surface area contributed by atoms with Crippen LogP contribution in [0.3, 0.4) is 0 Å². The number of Topliss-reactive ketones (excluding diaryl/α,β-unsaturated/α-hetero) is 1. The van der Waals surface area contributed by atoms with Gasteiger partial charge < -0.3 is 9.84 Å². The first-order valence-electron chi connectivity index (χ1n) is 5.60. The van der Waals surface area contributed by atoms with Gasteiger partial charge in [0.25, 0.3) is 0 Å². The molecule has 0 aliphatic carbocycles. The topological polar surface area (TPSA) is 46.5 Å². The van der Waals surface area contributed by atoms with Gasteiger partial charge in [0.1, 0.15) is 5.75 Å². The Kier molecular flexibility index (Phi) is 4.57. The van der Waals surface area contributed by atoms with Gasteiger partial charge in [-0.05, 0) is 37.1 Å². The third kappa shape index (κ3) is 3.70. The van der Waals surface area contributed by atoms with E-state index in [1.807, 2.05) is 0 Å². The Hall–Kier alpha value is -1.56. The lowest BCUT2D eigenvalue weighted by Gasteiger charge is -2.15. The molecule has 6 heteroatoms. The molecule has 1 N–H and O–H groups in total. The summed E-state index contributed by atoms with van der Waals surface area (Å²) in [6.45, 7) is 3.30. The number of rotatable bonds is 4. The number of benzene rings is 1. The molecule has 106 valence electrons. The Bertz CT molecular complexity index is 481. The second-order valence-corrected chi connectivity index (χ2v) is 4.32. The van der Waals surface area contributed by atoms with Gasteiger partial charge in [0, 0.05) is 12.0 Å². The molecule has 1 atom stereocenters. The third-order valence-corrected chi connectivity index (χ3v) is 2.80. The summed E-state index contributed by atoms with van der Waals surface area (Å²) >= 11 is 0. The molecule has 0 bridgehead atoms. The van der Waals surface area contributed by atoms with Crippen molar-refractivity contribution in [2.75, 3.05) is 7.11 Å². The molecule has 0 amide bonds. The van der Waals surface area contributed by atoms with Crippen molar-refractivity contribution in [3.63, 3.8) is 0 Å². The van der Waals surface area contributed by atoms with E-state index in [9.17, 15) is 18.0 Å². The average molecular weight is 276 g/mol. The number of carbonyl (C=O) groups is 1. The number of hydrogen-bond acceptors (Lipinski definition) is 3. The summed E-state index contributed by atoms with van der Waals surface area (Å²) in [4.78, 5) is 11.8. The molecule has 0 saturated heterocycles. The maximum Gasteiger partial charge on any atom is 0.414 e. The highest BCUT2D eigenvalue weighted by atomic mass is 19.4. The minimum absolute atomic E-state index is 0.168. The van der Waals surface area contributed by atoms with Crippen LogP contribution in [0.1, 0.15) is 27.9 Å². The highest BCUT2D eigenvalue weighted by molar-refractivity contribution is 5.98. The zero-order valence-electron chi connectivity index (χ0n) is 10.8. The summed E-state index contributed by atoms with van der Waals surface area (Å²) in [5, 5.41) is 8.91. The average Bonchev–Trinajstić information content (AvgIpc) is 2.30. The second kappa shape index (κ2) is 5.61. The molecule has 1 aromatic carbocycles. The lowest BCUT2D eigenvalue weighted by Crippen LogP contribution is -2.31. The van der Waals surface area contributed by atoms with Crippen LogP contribution in [0, 0.1) is 13.8 Å². The maximum absolute atomic E-state index is 12.2. The van der Waals surface area contributed by atoms with Crippen molar-refractivity contribution in [1.82, 2.24) is 0 Å². The van der Waals surface area contributed by atoms with Crippen LogP contribution in [0.25, 0.3) is 0 Å². The normalized spacial score (nSPS) is 13.2. The molecule has 1 rings (SSSR count). The molecule has 1 aromatic rings. The quantitative estimate of drug-likeness (QED) is 0.860. The highest BCUT2D eigenvalue weighted by Gasteiger charge is 2.39. The van der Waals surface area contributed by atoms with E-state index in [2.05, 4.69) is 0 Å². The van der Waals surface area contributed by atoms with E-state index in [-0.39, 0.29) is 5.56 Å². The van der Waals surface area contributed by atoms with Crippen molar-refractivity contribution < 1.29 is 27.8 Å². The molecule has 0 aliphatic heterocycles. The molecule has 0 spiro atoms. The van der Waals surface area contributed by atoms with Gasteiger partial charge in [-0.25, -0.2) is 0 Å². The predicted molar refractivity (Wildman–Crippen MR) is 63.5 cm³/mol. The molecule has 0 aromatic heterocycles. The monoisotopic (exact) mass is 276 g/mol. The lowest BCUT2D eigenvalue weighted by molar-refractivity contribution is -0.202. The molecule has 0 heterocycles. The van der Waals surface area contributed by atoms with Gasteiger partial charge in [-0.3, -0.25) is 4.79 Å². The summed E-state index contributed by atoms with van der Waals surface area (Å²) in [5.74, 6) is -0.182. The van der Waals surface area contributed by atoms with Gasteiger partial charge in [-0.1, -0.05) is 0 Å². The summed E-state index contributed by atoms with van der Waals surface area (Å²) in [6.07, 6.45) is -8.40. The predicted octanol–water partition coefficient (Wildman–Crippen LogP) is 2.81. The Labute approximate surface area is 109 Å². The van der Waals surface area contributed by atoms with Crippen molar-refractivity contribution >= 4 is 5.78 Å². The molecular weight excluding hydrogens is 261 g/mol. The first-order valence-corrected chi connectivity index (χ1v) is 5.60. The summed E-state index contributed by atoms with van der Waals surface area (Å²) < 4.78 is 41.7. The van der Waals surface area contributed by atoms with E-state index < -0.39 is 24.5 Å². The fourth-order valence-electron chi connectivity index (χ4n) is 1.71. The molecule has 0 saturated carbocycles. The van der Waals surface area contributed by atoms with E-state index in [1.165, 1.54) is 13.2 Å². The third-order valence-electron chi connectivity index (χ3n) is 2.80. The van der Waals surface area contributed by atoms with Crippen LogP contribution < -0.4 is 4.74 Å². The van der Waals surface area contributed by atoms with Crippen LogP contribution in [-0.2, 0) is 0 Å². The fraction of sp³-hybridized carbons (Fsp3) is 0.462. The number of hydrogen-bond donors (Lipinski definition) is 1. The maximum atomic E-state index is 12.2. The van der Waals surface area contributed by atoms with Gasteiger partial charge in [0.2, 0.25) is 0 Å². The number of ketones is 1. The summed E-state index contributed by atoms with van der Waals surface area (Å²) in [7, 11) is 1.47. The number of carbonyl (C=O) groups excluding carboxylic acids is 1. The Morgan fingerprint density at radius 2 is 1.89 bits per heavy atom. The number of methoxy groups -OCH3 is 1. The van der Waals surface area contributed by atoms with Gasteiger partial charge >= 0.3 is 6.18 Å². The van der Waals surface area contributed by atoms with E-state index >= 15 is 0 Å². The standard InChI is InChI=1S/C13H15F3O3/c1-7-5-11(19-3)8(2)4-9(7)10(17)6-12(18)13(14,15)16/h4-5,12,18H,6H2,1-3H3. The molecule has 0 radical (unpaired) electrons. The van der Waals surface area contributed by atoms with Gasteiger partial charge in [0.05, 0.1) is 7.11 Å². The van der Waals surface area contributed by atoms with Crippen LogP contribution in [0.5, 0.6) is 5.75 Å². The van der Waals surface area contributed by atoms with Crippen LogP contribution in [0.4, 0.5) is 13.2 Å². The zero-order valence-corrected chi connectivity index (χ0v) is 10.8. The van der Waals surface area contributed by atoms with Crippen LogP contribution >= 0.6 is 0 Å². The van der Waals surface area contributed by atoms with E-state index in [0.29, 0.717) is 16.9 Å². The van der Waals surface area contributed by atoms with Crippen molar-refractivity contribution in [3.8, 4) is 5.75 Å². The number of aliphatic hydroxyl groups excluding tert-OH is 1. The number of alkyl halides is 3. The molecule has 19 heavy (non-hydrogen) atoms. The molecular formula is C13H15F3O3. The number of ether oxygens (including phenoxy) is 1. The van der Waals surface area contributed by atoms with Crippen molar-refractivity contribution in [3.05, 3.63) is 28.8 Å². The van der Waals surface area contributed by atoms with Crippen molar-refractivity contribution in [1.29, 1.82) is 0 Å².